The molecule has 1 aromatic carbocycles. The van der Waals surface area contributed by atoms with Gasteiger partial charge in [0.25, 0.3) is 5.56 Å². The van der Waals surface area contributed by atoms with Crippen molar-refractivity contribution in [3.63, 3.8) is 0 Å². The molecule has 0 spiro atoms. The van der Waals surface area contributed by atoms with E-state index in [2.05, 4.69) is 0 Å². The number of benzene rings is 1. The predicted molar refractivity (Wildman–Crippen MR) is 70.9 cm³/mol. The van der Waals surface area contributed by atoms with Crippen LogP contribution in [0.2, 0.25) is 0 Å². The van der Waals surface area contributed by atoms with Crippen LogP contribution in [0.3, 0.4) is 0 Å². The van der Waals surface area contributed by atoms with Gasteiger partial charge in [0, 0.05) is 18.3 Å². The van der Waals surface area contributed by atoms with Crippen molar-refractivity contribution in [3.8, 4) is 0 Å². The van der Waals surface area contributed by atoms with Crippen LogP contribution in [0.5, 0.6) is 0 Å². The summed E-state index contributed by atoms with van der Waals surface area (Å²) < 4.78 is 1.70. The molecule has 1 heterocycles. The number of aromatic nitrogens is 1. The highest BCUT2D eigenvalue weighted by Crippen LogP contribution is 2.01. The van der Waals surface area contributed by atoms with Gasteiger partial charge in [0.05, 0.1) is 0 Å². The average Bonchev–Trinajstić information content (AvgIpc) is 2.36. The normalized spacial score (nSPS) is 10.9. The summed E-state index contributed by atoms with van der Waals surface area (Å²) in [6.07, 6.45) is 5.83. The fraction of sp³-hybridized carbons (Fsp3) is 0.133. The van der Waals surface area contributed by atoms with Crippen LogP contribution in [0.4, 0.5) is 0 Å². The highest BCUT2D eigenvalue weighted by molar-refractivity contribution is 5.48. The minimum atomic E-state index is 0.0743. The first kappa shape index (κ1) is 11.4. The van der Waals surface area contributed by atoms with Crippen molar-refractivity contribution in [2.75, 3.05) is 0 Å². The van der Waals surface area contributed by atoms with Crippen LogP contribution < -0.4 is 5.56 Å². The molecule has 2 aromatic rings. The van der Waals surface area contributed by atoms with Crippen molar-refractivity contribution in [3.05, 3.63) is 76.2 Å². The smallest absolute Gasteiger partial charge is 0.253 e. The van der Waals surface area contributed by atoms with Gasteiger partial charge in [-0.3, -0.25) is 4.79 Å². The van der Waals surface area contributed by atoms with Gasteiger partial charge in [0.2, 0.25) is 0 Å². The second kappa shape index (κ2) is 5.30. The summed E-state index contributed by atoms with van der Waals surface area (Å²) in [7, 11) is 0. The minimum absolute atomic E-state index is 0.0743. The summed E-state index contributed by atoms with van der Waals surface area (Å²) in [6, 6.07) is 13.8. The molecule has 0 saturated carbocycles. The zero-order valence-corrected chi connectivity index (χ0v) is 9.84. The van der Waals surface area contributed by atoms with Crippen LogP contribution in [0, 0.1) is 6.92 Å². The van der Waals surface area contributed by atoms with Crippen molar-refractivity contribution in [1.29, 1.82) is 0 Å². The van der Waals surface area contributed by atoms with Gasteiger partial charge in [-0.2, -0.15) is 0 Å². The Morgan fingerprint density at radius 1 is 1.12 bits per heavy atom. The first-order valence-electron chi connectivity index (χ1n) is 5.65. The molecule has 0 bridgehead atoms. The number of aryl methyl sites for hydroxylation is 1. The molecule has 0 fully saturated rings. The second-order valence-electron chi connectivity index (χ2n) is 3.96. The highest BCUT2D eigenvalue weighted by atomic mass is 16.1. The van der Waals surface area contributed by atoms with E-state index in [1.54, 1.807) is 4.57 Å². The van der Waals surface area contributed by atoms with Crippen molar-refractivity contribution >= 4 is 6.08 Å². The summed E-state index contributed by atoms with van der Waals surface area (Å²) in [5.41, 5.74) is 2.00. The van der Waals surface area contributed by atoms with E-state index in [1.165, 1.54) is 0 Å². The molecule has 1 aromatic heterocycles. The maximum atomic E-state index is 11.7. The zero-order chi connectivity index (χ0) is 12.1. The number of nitrogens with zero attached hydrogens (tertiary/aromatic N) is 1. The SMILES string of the molecule is Cc1cccn(C/C=C\c2ccccc2)c1=O. The highest BCUT2D eigenvalue weighted by Gasteiger charge is 1.95. The lowest BCUT2D eigenvalue weighted by Gasteiger charge is -2.02. The molecule has 0 atom stereocenters. The molecule has 0 aliphatic heterocycles. The molecule has 17 heavy (non-hydrogen) atoms. The van der Waals surface area contributed by atoms with Crippen LogP contribution in [0.15, 0.2) is 59.5 Å². The molecule has 0 N–H and O–H groups in total. The molecule has 0 amide bonds. The van der Waals surface area contributed by atoms with E-state index < -0.39 is 0 Å². The molecule has 0 saturated heterocycles. The third-order valence-electron chi connectivity index (χ3n) is 2.62. The summed E-state index contributed by atoms with van der Waals surface area (Å²) in [6.45, 7) is 2.44. The number of pyridine rings is 1. The average molecular weight is 225 g/mol. The fourth-order valence-electron chi connectivity index (χ4n) is 1.67. The zero-order valence-electron chi connectivity index (χ0n) is 9.84. The van der Waals surface area contributed by atoms with Crippen molar-refractivity contribution < 1.29 is 0 Å². The topological polar surface area (TPSA) is 22.0 Å². The molecule has 2 rings (SSSR count). The van der Waals surface area contributed by atoms with Crippen LogP contribution in [0.25, 0.3) is 6.08 Å². The Hall–Kier alpha value is -2.09. The van der Waals surface area contributed by atoms with Crippen LogP contribution in [-0.4, -0.2) is 4.57 Å². The lowest BCUT2D eigenvalue weighted by Crippen LogP contribution is -2.20. The standard InChI is InChI=1S/C15H15NO/c1-13-7-5-11-16(15(13)17)12-6-10-14-8-3-2-4-9-14/h2-11H,12H2,1H3/b10-6-. The van der Waals surface area contributed by atoms with E-state index in [4.69, 9.17) is 0 Å². The largest absolute Gasteiger partial charge is 0.311 e. The van der Waals surface area contributed by atoms with Gasteiger partial charge in [-0.15, -0.1) is 0 Å². The Morgan fingerprint density at radius 2 is 1.88 bits per heavy atom. The fourth-order valence-corrected chi connectivity index (χ4v) is 1.67. The van der Waals surface area contributed by atoms with Gasteiger partial charge >= 0.3 is 0 Å². The first-order valence-corrected chi connectivity index (χ1v) is 5.65. The van der Waals surface area contributed by atoms with E-state index in [0.29, 0.717) is 6.54 Å². The lowest BCUT2D eigenvalue weighted by atomic mass is 10.2. The summed E-state index contributed by atoms with van der Waals surface area (Å²) >= 11 is 0. The van der Waals surface area contributed by atoms with Crippen LogP contribution in [0.1, 0.15) is 11.1 Å². The number of allylic oxidation sites excluding steroid dienone is 1. The molecule has 2 nitrogen and oxygen atoms in total. The summed E-state index contributed by atoms with van der Waals surface area (Å²) in [5, 5.41) is 0. The third kappa shape index (κ3) is 2.94. The Bertz CT molecular complexity index is 567. The first-order chi connectivity index (χ1) is 8.27. The monoisotopic (exact) mass is 225 g/mol. The molecular weight excluding hydrogens is 210 g/mol. The Morgan fingerprint density at radius 3 is 2.65 bits per heavy atom. The Labute approximate surface area is 101 Å². The Kier molecular flexibility index (Phi) is 3.55. The molecule has 2 heteroatoms. The summed E-state index contributed by atoms with van der Waals surface area (Å²) in [4.78, 5) is 11.7. The maximum absolute atomic E-state index is 11.7. The van der Waals surface area contributed by atoms with E-state index in [0.717, 1.165) is 11.1 Å². The molecule has 0 aliphatic rings. The van der Waals surface area contributed by atoms with Crippen LogP contribution >= 0.6 is 0 Å². The number of rotatable bonds is 3. The second-order valence-corrected chi connectivity index (χ2v) is 3.96. The predicted octanol–water partition coefficient (Wildman–Crippen LogP) is 2.87. The van der Waals surface area contributed by atoms with Gasteiger partial charge in [0.1, 0.15) is 0 Å². The molecular formula is C15H15NO. The molecule has 86 valence electrons. The van der Waals surface area contributed by atoms with Gasteiger partial charge in [-0.25, -0.2) is 0 Å². The minimum Gasteiger partial charge on any atom is -0.311 e. The van der Waals surface area contributed by atoms with E-state index in [1.807, 2.05) is 67.7 Å². The quantitative estimate of drug-likeness (QED) is 0.787. The third-order valence-corrected chi connectivity index (χ3v) is 2.62. The van der Waals surface area contributed by atoms with Crippen molar-refractivity contribution in [1.82, 2.24) is 4.57 Å². The number of hydrogen-bond donors (Lipinski definition) is 0. The lowest BCUT2D eigenvalue weighted by molar-refractivity contribution is 0.773. The Balaban J connectivity index is 2.11. The van der Waals surface area contributed by atoms with E-state index in [-0.39, 0.29) is 5.56 Å². The van der Waals surface area contributed by atoms with Gasteiger partial charge in [0.15, 0.2) is 0 Å². The van der Waals surface area contributed by atoms with E-state index >= 15 is 0 Å². The van der Waals surface area contributed by atoms with E-state index in [9.17, 15) is 4.79 Å². The molecule has 0 unspecified atom stereocenters. The van der Waals surface area contributed by atoms with Crippen molar-refractivity contribution in [2.45, 2.75) is 13.5 Å². The van der Waals surface area contributed by atoms with Gasteiger partial charge < -0.3 is 4.57 Å². The van der Waals surface area contributed by atoms with Crippen molar-refractivity contribution in [2.24, 2.45) is 0 Å². The number of hydrogen-bond acceptors (Lipinski definition) is 1. The summed E-state index contributed by atoms with van der Waals surface area (Å²) in [5.74, 6) is 0. The van der Waals surface area contributed by atoms with Gasteiger partial charge in [-0.1, -0.05) is 48.6 Å². The van der Waals surface area contributed by atoms with Crippen LogP contribution in [-0.2, 0) is 6.54 Å². The maximum Gasteiger partial charge on any atom is 0.253 e. The molecule has 0 radical (unpaired) electrons. The molecule has 0 aliphatic carbocycles. The van der Waals surface area contributed by atoms with Gasteiger partial charge in [-0.05, 0) is 18.6 Å².